The quantitative estimate of drug-likeness (QED) is 0.757. The fourth-order valence-electron chi connectivity index (χ4n) is 2.49. The Labute approximate surface area is 126 Å². The number of nitrogens with zero attached hydrogens (tertiary/aromatic N) is 3. The van der Waals surface area contributed by atoms with Gasteiger partial charge in [0.15, 0.2) is 0 Å². The molecular weight excluding hydrogens is 264 g/mol. The molecule has 0 bridgehead atoms. The van der Waals surface area contributed by atoms with Crippen LogP contribution in [0.2, 0.25) is 0 Å². The van der Waals surface area contributed by atoms with Crippen molar-refractivity contribution >= 4 is 16.7 Å². The summed E-state index contributed by atoms with van der Waals surface area (Å²) in [4.78, 5) is 7.02. The van der Waals surface area contributed by atoms with Gasteiger partial charge in [0.05, 0.1) is 17.6 Å². The number of rotatable bonds is 8. The van der Waals surface area contributed by atoms with E-state index in [-0.39, 0.29) is 0 Å². The fourth-order valence-corrected chi connectivity index (χ4v) is 2.49. The first-order valence-corrected chi connectivity index (χ1v) is 7.57. The van der Waals surface area contributed by atoms with E-state index in [4.69, 9.17) is 15.5 Å². The number of hydrogen-bond donors (Lipinski definition) is 1. The minimum Gasteiger partial charge on any atom is -0.399 e. The zero-order valence-electron chi connectivity index (χ0n) is 13.3. The topological polar surface area (TPSA) is 56.3 Å². The van der Waals surface area contributed by atoms with Crippen LogP contribution in [0, 0.1) is 0 Å². The molecule has 0 atom stereocenters. The van der Waals surface area contributed by atoms with Crippen molar-refractivity contribution in [1.82, 2.24) is 14.5 Å². The van der Waals surface area contributed by atoms with Gasteiger partial charge < -0.3 is 19.9 Å². The molecule has 2 aromatic rings. The van der Waals surface area contributed by atoms with E-state index in [0.717, 1.165) is 56.1 Å². The van der Waals surface area contributed by atoms with Crippen molar-refractivity contribution in [3.63, 3.8) is 0 Å². The Morgan fingerprint density at radius 1 is 1.33 bits per heavy atom. The Morgan fingerprint density at radius 3 is 2.86 bits per heavy atom. The molecule has 1 aromatic heterocycles. The third-order valence-corrected chi connectivity index (χ3v) is 3.71. The molecule has 0 fully saturated rings. The predicted molar refractivity (Wildman–Crippen MR) is 87.5 cm³/mol. The zero-order valence-corrected chi connectivity index (χ0v) is 13.3. The number of nitrogen functional groups attached to an aromatic ring is 1. The van der Waals surface area contributed by atoms with Crippen LogP contribution in [0.25, 0.3) is 11.0 Å². The van der Waals surface area contributed by atoms with Crippen LogP contribution in [0.5, 0.6) is 0 Å². The second-order valence-corrected chi connectivity index (χ2v) is 5.47. The molecular formula is C16H26N4O. The van der Waals surface area contributed by atoms with Gasteiger partial charge in [-0.3, -0.25) is 0 Å². The predicted octanol–water partition coefficient (Wildman–Crippen LogP) is 2.15. The molecule has 0 spiro atoms. The van der Waals surface area contributed by atoms with E-state index in [0.29, 0.717) is 0 Å². The van der Waals surface area contributed by atoms with Crippen LogP contribution in [-0.4, -0.2) is 48.3 Å². The van der Waals surface area contributed by atoms with Crippen LogP contribution >= 0.6 is 0 Å². The van der Waals surface area contributed by atoms with Gasteiger partial charge in [-0.05, 0) is 31.7 Å². The summed E-state index contributed by atoms with van der Waals surface area (Å²) < 4.78 is 7.44. The van der Waals surface area contributed by atoms with Crippen molar-refractivity contribution in [2.45, 2.75) is 26.3 Å². The van der Waals surface area contributed by atoms with E-state index in [1.54, 1.807) is 7.11 Å². The van der Waals surface area contributed by atoms with Crippen LogP contribution in [0.3, 0.4) is 0 Å². The van der Waals surface area contributed by atoms with E-state index in [1.165, 1.54) is 5.52 Å². The van der Waals surface area contributed by atoms with Crippen molar-refractivity contribution in [1.29, 1.82) is 0 Å². The second kappa shape index (κ2) is 7.43. The SMILES string of the molecule is CCCc1nc2cc(N)ccc2n1CCN(C)CCOC. The van der Waals surface area contributed by atoms with Crippen LogP contribution < -0.4 is 5.73 Å². The summed E-state index contributed by atoms with van der Waals surface area (Å²) in [6.07, 6.45) is 2.09. The average Bonchev–Trinajstić information content (AvgIpc) is 2.79. The molecule has 0 saturated carbocycles. The molecule has 5 nitrogen and oxygen atoms in total. The average molecular weight is 290 g/mol. The largest absolute Gasteiger partial charge is 0.399 e. The highest BCUT2D eigenvalue weighted by Crippen LogP contribution is 2.20. The molecule has 0 amide bonds. The van der Waals surface area contributed by atoms with Gasteiger partial charge in [0.25, 0.3) is 0 Å². The summed E-state index contributed by atoms with van der Waals surface area (Å²) in [6.45, 7) is 5.81. The van der Waals surface area contributed by atoms with Gasteiger partial charge in [0, 0.05) is 38.9 Å². The summed E-state index contributed by atoms with van der Waals surface area (Å²) in [6, 6.07) is 5.98. The molecule has 0 aliphatic rings. The number of anilines is 1. The third kappa shape index (κ3) is 3.95. The number of ether oxygens (including phenoxy) is 1. The minimum atomic E-state index is 0.763. The lowest BCUT2D eigenvalue weighted by molar-refractivity contribution is 0.159. The van der Waals surface area contributed by atoms with Crippen molar-refractivity contribution in [3.05, 3.63) is 24.0 Å². The van der Waals surface area contributed by atoms with Crippen LogP contribution in [0.4, 0.5) is 5.69 Å². The van der Waals surface area contributed by atoms with E-state index in [1.807, 2.05) is 12.1 Å². The lowest BCUT2D eigenvalue weighted by atomic mass is 10.3. The number of likely N-dealkylation sites (N-methyl/N-ethyl adjacent to an activating group) is 1. The molecule has 0 saturated heterocycles. The number of nitrogens with two attached hydrogens (primary N) is 1. The van der Waals surface area contributed by atoms with Crippen molar-refractivity contribution in [2.75, 3.05) is 39.6 Å². The lowest BCUT2D eigenvalue weighted by Gasteiger charge is -2.17. The highest BCUT2D eigenvalue weighted by molar-refractivity contribution is 5.79. The summed E-state index contributed by atoms with van der Waals surface area (Å²) >= 11 is 0. The Balaban J connectivity index is 2.18. The van der Waals surface area contributed by atoms with E-state index in [2.05, 4.69) is 29.5 Å². The number of benzene rings is 1. The van der Waals surface area contributed by atoms with E-state index >= 15 is 0 Å². The monoisotopic (exact) mass is 290 g/mol. The molecule has 1 heterocycles. The van der Waals surface area contributed by atoms with Gasteiger partial charge >= 0.3 is 0 Å². The summed E-state index contributed by atoms with van der Waals surface area (Å²) in [7, 11) is 3.86. The maximum Gasteiger partial charge on any atom is 0.109 e. The van der Waals surface area contributed by atoms with Crippen LogP contribution in [0.1, 0.15) is 19.2 Å². The zero-order chi connectivity index (χ0) is 15.2. The molecule has 2 N–H and O–H groups in total. The Bertz CT molecular complexity index is 579. The second-order valence-electron chi connectivity index (χ2n) is 5.47. The molecule has 0 aliphatic carbocycles. The van der Waals surface area contributed by atoms with Gasteiger partial charge in [-0.2, -0.15) is 0 Å². The van der Waals surface area contributed by atoms with Gasteiger partial charge in [0.1, 0.15) is 5.82 Å². The highest BCUT2D eigenvalue weighted by Gasteiger charge is 2.11. The standard InChI is InChI=1S/C16H26N4O/c1-4-5-16-18-14-12-13(17)6-7-15(14)20(16)9-8-19(2)10-11-21-3/h6-7,12H,4-5,8-11,17H2,1-3H3. The van der Waals surface area contributed by atoms with Gasteiger partial charge in [-0.15, -0.1) is 0 Å². The van der Waals surface area contributed by atoms with Gasteiger partial charge in [0.2, 0.25) is 0 Å². The molecule has 2 rings (SSSR count). The number of methoxy groups -OCH3 is 1. The van der Waals surface area contributed by atoms with Crippen molar-refractivity contribution < 1.29 is 4.74 Å². The first-order chi connectivity index (χ1) is 10.2. The lowest BCUT2D eigenvalue weighted by Crippen LogP contribution is -2.27. The Hall–Kier alpha value is -1.59. The molecule has 0 aliphatic heterocycles. The number of fused-ring (bicyclic) bond motifs is 1. The van der Waals surface area contributed by atoms with E-state index in [9.17, 15) is 0 Å². The molecule has 116 valence electrons. The summed E-state index contributed by atoms with van der Waals surface area (Å²) in [5.41, 5.74) is 8.81. The molecule has 0 radical (unpaired) electrons. The first kappa shape index (κ1) is 15.8. The number of imidazole rings is 1. The van der Waals surface area contributed by atoms with Gasteiger partial charge in [-0.25, -0.2) is 4.98 Å². The smallest absolute Gasteiger partial charge is 0.109 e. The number of aryl methyl sites for hydroxylation is 1. The third-order valence-electron chi connectivity index (χ3n) is 3.71. The molecule has 0 unspecified atom stereocenters. The van der Waals surface area contributed by atoms with E-state index < -0.39 is 0 Å². The first-order valence-electron chi connectivity index (χ1n) is 7.57. The molecule has 5 heteroatoms. The Morgan fingerprint density at radius 2 is 2.14 bits per heavy atom. The highest BCUT2D eigenvalue weighted by atomic mass is 16.5. The molecule has 1 aromatic carbocycles. The maximum atomic E-state index is 5.86. The van der Waals surface area contributed by atoms with Crippen LogP contribution in [-0.2, 0) is 17.7 Å². The summed E-state index contributed by atoms with van der Waals surface area (Å²) in [5.74, 6) is 1.15. The van der Waals surface area contributed by atoms with Crippen molar-refractivity contribution in [3.8, 4) is 0 Å². The maximum absolute atomic E-state index is 5.86. The number of hydrogen-bond acceptors (Lipinski definition) is 4. The Kier molecular flexibility index (Phi) is 5.59. The molecule has 21 heavy (non-hydrogen) atoms. The van der Waals surface area contributed by atoms with Crippen LogP contribution in [0.15, 0.2) is 18.2 Å². The minimum absolute atomic E-state index is 0.763. The van der Waals surface area contributed by atoms with Gasteiger partial charge in [-0.1, -0.05) is 6.92 Å². The summed E-state index contributed by atoms with van der Waals surface area (Å²) in [5, 5.41) is 0. The fraction of sp³-hybridized carbons (Fsp3) is 0.562. The van der Waals surface area contributed by atoms with Crippen molar-refractivity contribution in [2.24, 2.45) is 0 Å². The normalized spacial score (nSPS) is 11.6. The number of aromatic nitrogens is 2.